The van der Waals surface area contributed by atoms with Crippen molar-refractivity contribution >= 4 is 23.5 Å². The first-order valence-corrected chi connectivity index (χ1v) is 12.8. The zero-order chi connectivity index (χ0) is 25.7. The van der Waals surface area contributed by atoms with Crippen molar-refractivity contribution in [1.82, 2.24) is 29.6 Å². The van der Waals surface area contributed by atoms with Gasteiger partial charge in [0.1, 0.15) is 0 Å². The summed E-state index contributed by atoms with van der Waals surface area (Å²) in [5.74, 6) is -0.986. The van der Waals surface area contributed by atoms with Crippen LogP contribution >= 0.6 is 11.6 Å². The number of nitrogens with zero attached hydrogens (tertiary/aromatic N) is 8. The van der Waals surface area contributed by atoms with Crippen LogP contribution in [0.3, 0.4) is 0 Å². The van der Waals surface area contributed by atoms with Crippen molar-refractivity contribution < 1.29 is 13.2 Å². The fourth-order valence-corrected chi connectivity index (χ4v) is 6.66. The summed E-state index contributed by atoms with van der Waals surface area (Å²) < 4.78 is 43.4. The number of hydrogen-bond donors (Lipinski definition) is 0. The molecule has 1 aromatic carbocycles. The van der Waals surface area contributed by atoms with E-state index in [2.05, 4.69) is 39.4 Å². The molecule has 4 aliphatic rings. The minimum Gasteiger partial charge on any atom is -0.339 e. The molecule has 1 spiro atoms. The van der Waals surface area contributed by atoms with Crippen molar-refractivity contribution in [2.75, 3.05) is 36.0 Å². The van der Waals surface area contributed by atoms with Crippen molar-refractivity contribution in [2.24, 2.45) is 5.41 Å². The molecule has 5 heterocycles. The molecule has 3 fully saturated rings. The number of alkyl halides is 2. The summed E-state index contributed by atoms with van der Waals surface area (Å²) in [6, 6.07) is 5.72. The highest BCUT2D eigenvalue weighted by molar-refractivity contribution is 6.30. The van der Waals surface area contributed by atoms with E-state index in [0.29, 0.717) is 29.8 Å². The smallest absolute Gasteiger partial charge is 0.251 e. The first kappa shape index (κ1) is 23.2. The van der Waals surface area contributed by atoms with Gasteiger partial charge in [0.2, 0.25) is 11.9 Å². The van der Waals surface area contributed by atoms with E-state index >= 15 is 0 Å². The lowest BCUT2D eigenvalue weighted by Crippen LogP contribution is -2.73. The number of aromatic nitrogens is 5. The van der Waals surface area contributed by atoms with E-state index in [4.69, 9.17) is 11.6 Å². The third-order valence-corrected chi connectivity index (χ3v) is 8.54. The van der Waals surface area contributed by atoms with Crippen LogP contribution in [0.25, 0.3) is 5.69 Å². The molecule has 0 bridgehead atoms. The average molecular weight is 531 g/mol. The van der Waals surface area contributed by atoms with Gasteiger partial charge in [0.25, 0.3) is 5.92 Å². The second-order valence-electron chi connectivity index (χ2n) is 11.4. The van der Waals surface area contributed by atoms with Gasteiger partial charge in [-0.25, -0.2) is 23.1 Å². The Kier molecular flexibility index (Phi) is 4.75. The van der Waals surface area contributed by atoms with Crippen molar-refractivity contribution in [1.29, 1.82) is 0 Å². The summed E-state index contributed by atoms with van der Waals surface area (Å²) in [7, 11) is 0. The zero-order valence-electron chi connectivity index (χ0n) is 20.6. The fourth-order valence-electron chi connectivity index (χ4n) is 6.46. The summed E-state index contributed by atoms with van der Waals surface area (Å²) in [5, 5.41) is 9.67. The molecule has 1 saturated carbocycles. The molecule has 0 radical (unpaired) electrons. The molecule has 0 N–H and O–H groups in total. The number of fused-ring (bicyclic) bond motifs is 3. The number of benzene rings is 1. The Bertz CT molecular complexity index is 1400. The topological polar surface area (TPSA) is 66.2 Å². The molecule has 0 unspecified atom stereocenters. The second kappa shape index (κ2) is 7.57. The standard InChI is InChI=1S/C25H26ClF3N8/c1-15-18(27)6-30-21(31-15)34-11-24(12-34)13-35(14-24)22-33-32-20-8-36(23(2)9-25(28,29)10-23)7-16-5-17(26)3-4-19(16)37(20)22/h3-6H,7-14H2,1-2H3. The number of rotatable bonds is 3. The van der Waals surface area contributed by atoms with Crippen molar-refractivity contribution in [3.63, 3.8) is 0 Å². The van der Waals surface area contributed by atoms with Crippen LogP contribution < -0.4 is 9.80 Å². The Labute approximate surface area is 217 Å². The van der Waals surface area contributed by atoms with E-state index in [0.717, 1.165) is 49.2 Å². The van der Waals surface area contributed by atoms with Gasteiger partial charge in [-0.1, -0.05) is 11.6 Å². The van der Waals surface area contributed by atoms with Crippen LogP contribution in [0.1, 0.15) is 36.8 Å². The van der Waals surface area contributed by atoms with Gasteiger partial charge >= 0.3 is 0 Å². The third kappa shape index (κ3) is 3.61. The summed E-state index contributed by atoms with van der Waals surface area (Å²) in [5.41, 5.74) is 1.74. The largest absolute Gasteiger partial charge is 0.339 e. The van der Waals surface area contributed by atoms with Crippen LogP contribution in [-0.2, 0) is 13.1 Å². The monoisotopic (exact) mass is 530 g/mol. The predicted octanol–water partition coefficient (Wildman–Crippen LogP) is 3.99. The summed E-state index contributed by atoms with van der Waals surface area (Å²) in [6.45, 7) is 7.68. The van der Waals surface area contributed by atoms with Gasteiger partial charge in [-0.3, -0.25) is 9.47 Å². The third-order valence-electron chi connectivity index (χ3n) is 8.31. The van der Waals surface area contributed by atoms with Gasteiger partial charge in [-0.15, -0.1) is 10.2 Å². The van der Waals surface area contributed by atoms with Crippen LogP contribution in [0, 0.1) is 18.2 Å². The van der Waals surface area contributed by atoms with E-state index in [1.165, 1.54) is 6.20 Å². The lowest BCUT2D eigenvalue weighted by atomic mass is 9.73. The van der Waals surface area contributed by atoms with Gasteiger partial charge in [-0.2, -0.15) is 0 Å². The van der Waals surface area contributed by atoms with Crippen molar-refractivity contribution in [3.8, 4) is 5.69 Å². The highest BCUT2D eigenvalue weighted by atomic mass is 35.5. The first-order chi connectivity index (χ1) is 17.5. The van der Waals surface area contributed by atoms with E-state index in [9.17, 15) is 13.2 Å². The molecule has 3 aliphatic heterocycles. The van der Waals surface area contributed by atoms with Gasteiger partial charge < -0.3 is 9.80 Å². The molecule has 3 aromatic rings. The zero-order valence-corrected chi connectivity index (χ0v) is 21.3. The Morgan fingerprint density at radius 3 is 2.43 bits per heavy atom. The van der Waals surface area contributed by atoms with Gasteiger partial charge in [-0.05, 0) is 37.6 Å². The number of anilines is 2. The maximum absolute atomic E-state index is 13.9. The van der Waals surface area contributed by atoms with Gasteiger partial charge in [0, 0.05) is 61.5 Å². The van der Waals surface area contributed by atoms with E-state index in [1.807, 2.05) is 25.1 Å². The van der Waals surface area contributed by atoms with E-state index in [-0.39, 0.29) is 18.3 Å². The average Bonchev–Trinajstić information content (AvgIpc) is 3.07. The fraction of sp³-hybridized carbons (Fsp3) is 0.520. The highest BCUT2D eigenvalue weighted by Crippen LogP contribution is 2.51. The predicted molar refractivity (Wildman–Crippen MR) is 132 cm³/mol. The number of aryl methyl sites for hydroxylation is 1. The molecule has 194 valence electrons. The van der Waals surface area contributed by atoms with E-state index < -0.39 is 17.3 Å². The quantitative estimate of drug-likeness (QED) is 0.507. The molecular weight excluding hydrogens is 505 g/mol. The number of halogens is 4. The van der Waals surface area contributed by atoms with Crippen molar-refractivity contribution in [3.05, 3.63) is 52.3 Å². The molecular formula is C25H26ClF3N8. The Hall–Kier alpha value is -2.92. The molecule has 7 rings (SSSR count). The maximum Gasteiger partial charge on any atom is 0.251 e. The van der Waals surface area contributed by atoms with Crippen LogP contribution in [0.5, 0.6) is 0 Å². The second-order valence-corrected chi connectivity index (χ2v) is 11.8. The van der Waals surface area contributed by atoms with E-state index in [1.54, 1.807) is 6.92 Å². The van der Waals surface area contributed by atoms with Gasteiger partial charge in [0.05, 0.1) is 24.1 Å². The minimum absolute atomic E-state index is 0.0998. The molecule has 2 aromatic heterocycles. The lowest BCUT2D eigenvalue weighted by molar-refractivity contribution is -0.173. The Balaban J connectivity index is 1.14. The molecule has 1 aliphatic carbocycles. The van der Waals surface area contributed by atoms with Crippen LogP contribution in [0.4, 0.5) is 25.1 Å². The van der Waals surface area contributed by atoms with Crippen LogP contribution in [-0.4, -0.2) is 67.3 Å². The maximum atomic E-state index is 13.9. The first-order valence-electron chi connectivity index (χ1n) is 12.4. The summed E-state index contributed by atoms with van der Waals surface area (Å²) in [6.07, 6.45) is 0.887. The molecule has 8 nitrogen and oxygen atoms in total. The summed E-state index contributed by atoms with van der Waals surface area (Å²) in [4.78, 5) is 14.8. The summed E-state index contributed by atoms with van der Waals surface area (Å²) >= 11 is 6.35. The Morgan fingerprint density at radius 2 is 1.73 bits per heavy atom. The van der Waals surface area contributed by atoms with Crippen LogP contribution in [0.2, 0.25) is 5.02 Å². The van der Waals surface area contributed by atoms with Crippen LogP contribution in [0.15, 0.2) is 24.4 Å². The SMILES string of the molecule is Cc1nc(N2CC3(C2)CN(c2nnc4n2-c2ccc(Cl)cc2CN(C2(C)CC(F)(F)C2)C4)C3)ncc1F. The van der Waals surface area contributed by atoms with Crippen molar-refractivity contribution in [2.45, 2.75) is 51.2 Å². The van der Waals surface area contributed by atoms with Gasteiger partial charge in [0.15, 0.2) is 11.6 Å². The lowest BCUT2D eigenvalue weighted by Gasteiger charge is -2.60. The molecule has 37 heavy (non-hydrogen) atoms. The molecule has 12 heteroatoms. The molecule has 0 atom stereocenters. The normalized spacial score (nSPS) is 23.0. The highest BCUT2D eigenvalue weighted by Gasteiger charge is 2.57. The molecule has 2 saturated heterocycles. The molecule has 0 amide bonds. The minimum atomic E-state index is -2.63. The number of hydrogen-bond acceptors (Lipinski definition) is 7. The Morgan fingerprint density at radius 1 is 1.00 bits per heavy atom.